The molecule has 0 radical (unpaired) electrons. The van der Waals surface area contributed by atoms with Gasteiger partial charge in [-0.1, -0.05) is 17.3 Å². The van der Waals surface area contributed by atoms with Gasteiger partial charge in [-0.15, -0.1) is 16.4 Å². The third-order valence-corrected chi connectivity index (χ3v) is 6.32. The second-order valence-electron chi connectivity index (χ2n) is 7.27. The van der Waals surface area contributed by atoms with E-state index in [1.807, 2.05) is 46.6 Å². The fourth-order valence-electron chi connectivity index (χ4n) is 3.86. The van der Waals surface area contributed by atoms with E-state index in [2.05, 4.69) is 61.8 Å². The lowest BCUT2D eigenvalue weighted by Crippen LogP contribution is -2.46. The number of piperazine rings is 1. The summed E-state index contributed by atoms with van der Waals surface area (Å²) in [5, 5.41) is 11.1. The molecule has 1 fully saturated rings. The first kappa shape index (κ1) is 17.5. The molecule has 4 aromatic heterocycles. The van der Waals surface area contributed by atoms with E-state index in [4.69, 9.17) is 0 Å². The fourth-order valence-corrected chi connectivity index (χ4v) is 4.60. The molecule has 1 aliphatic heterocycles. The van der Waals surface area contributed by atoms with Gasteiger partial charge in [0.25, 0.3) is 0 Å². The van der Waals surface area contributed by atoms with Crippen LogP contribution in [0.1, 0.15) is 16.6 Å². The predicted molar refractivity (Wildman–Crippen MR) is 111 cm³/mol. The molecule has 0 bridgehead atoms. The largest absolute Gasteiger partial charge is 0.295 e. The quantitative estimate of drug-likeness (QED) is 0.535. The monoisotopic (exact) mass is 390 g/mol. The molecule has 0 spiro atoms. The zero-order valence-corrected chi connectivity index (χ0v) is 16.6. The summed E-state index contributed by atoms with van der Waals surface area (Å²) in [6.45, 7) is 4.09. The van der Waals surface area contributed by atoms with Gasteiger partial charge in [-0.05, 0) is 42.3 Å². The van der Waals surface area contributed by atoms with Crippen molar-refractivity contribution >= 4 is 16.9 Å². The molecule has 0 aromatic carbocycles. The third-order valence-electron chi connectivity index (χ3n) is 5.46. The van der Waals surface area contributed by atoms with Gasteiger partial charge in [0.15, 0.2) is 0 Å². The third kappa shape index (κ3) is 3.32. The summed E-state index contributed by atoms with van der Waals surface area (Å²) < 4.78 is 1.90. The van der Waals surface area contributed by atoms with Crippen LogP contribution in [0.5, 0.6) is 0 Å². The molecule has 0 saturated carbocycles. The first-order valence-electron chi connectivity index (χ1n) is 9.48. The normalized spacial score (nSPS) is 18.7. The van der Waals surface area contributed by atoms with E-state index in [0.29, 0.717) is 0 Å². The molecular weight excluding hydrogens is 368 g/mol. The minimum Gasteiger partial charge on any atom is -0.295 e. The molecule has 28 heavy (non-hydrogen) atoms. The highest BCUT2D eigenvalue weighted by Crippen LogP contribution is 2.28. The van der Waals surface area contributed by atoms with Crippen molar-refractivity contribution in [3.63, 3.8) is 0 Å². The molecule has 6 nitrogen and oxygen atoms in total. The lowest BCUT2D eigenvalue weighted by atomic mass is 10.1. The highest BCUT2D eigenvalue weighted by Gasteiger charge is 2.29. The zero-order chi connectivity index (χ0) is 18.9. The molecule has 1 aliphatic rings. The molecule has 1 atom stereocenters. The summed E-state index contributed by atoms with van der Waals surface area (Å²) >= 11 is 1.83. The molecule has 1 saturated heterocycles. The Morgan fingerprint density at radius 1 is 1.07 bits per heavy atom. The van der Waals surface area contributed by atoms with Crippen LogP contribution in [0, 0.1) is 0 Å². The van der Waals surface area contributed by atoms with Gasteiger partial charge in [-0.2, -0.15) is 0 Å². The van der Waals surface area contributed by atoms with Gasteiger partial charge in [0.2, 0.25) is 0 Å². The summed E-state index contributed by atoms with van der Waals surface area (Å²) in [7, 11) is 2.18. The Morgan fingerprint density at radius 2 is 1.96 bits per heavy atom. The minimum atomic E-state index is 0.248. The van der Waals surface area contributed by atoms with Crippen LogP contribution in [0.25, 0.3) is 16.6 Å². The molecule has 0 N–H and O–H groups in total. The van der Waals surface area contributed by atoms with E-state index in [-0.39, 0.29) is 6.04 Å². The maximum atomic E-state index is 4.57. The Kier molecular flexibility index (Phi) is 4.64. The van der Waals surface area contributed by atoms with E-state index in [0.717, 1.165) is 48.5 Å². The summed E-state index contributed by atoms with van der Waals surface area (Å²) in [6, 6.07) is 12.9. The molecule has 0 amide bonds. The number of fused-ring (bicyclic) bond motifs is 1. The number of likely N-dealkylation sites (N-methyl/N-ethyl adjacent to an activating group) is 1. The van der Waals surface area contributed by atoms with Gasteiger partial charge >= 0.3 is 0 Å². The summed E-state index contributed by atoms with van der Waals surface area (Å²) in [6.07, 6.45) is 5.67. The number of aromatic nitrogens is 4. The maximum Gasteiger partial charge on any atom is 0.109 e. The summed E-state index contributed by atoms with van der Waals surface area (Å²) in [5.74, 6) is 0. The molecule has 4 aromatic rings. The SMILES string of the molecule is CN1CCN(Cc2cccs2)C[C@@H]1c1nnn2cc(-c3ccncc3)ccc12. The maximum absolute atomic E-state index is 4.57. The van der Waals surface area contributed by atoms with Gasteiger partial charge in [-0.25, -0.2) is 4.52 Å². The Hall–Kier alpha value is -2.61. The van der Waals surface area contributed by atoms with Crippen LogP contribution in [-0.2, 0) is 6.54 Å². The smallest absolute Gasteiger partial charge is 0.109 e. The Balaban J connectivity index is 1.43. The van der Waals surface area contributed by atoms with Crippen molar-refractivity contribution in [3.8, 4) is 11.1 Å². The van der Waals surface area contributed by atoms with Crippen LogP contribution < -0.4 is 0 Å². The van der Waals surface area contributed by atoms with Crippen molar-refractivity contribution in [2.75, 3.05) is 26.7 Å². The highest BCUT2D eigenvalue weighted by molar-refractivity contribution is 7.09. The molecule has 7 heteroatoms. The van der Waals surface area contributed by atoms with Crippen molar-refractivity contribution in [3.05, 3.63) is 70.9 Å². The van der Waals surface area contributed by atoms with Crippen molar-refractivity contribution < 1.29 is 0 Å². The average molecular weight is 391 g/mol. The van der Waals surface area contributed by atoms with Crippen LogP contribution in [0.15, 0.2) is 60.4 Å². The molecular formula is C21H22N6S. The van der Waals surface area contributed by atoms with Crippen LogP contribution in [0.3, 0.4) is 0 Å². The van der Waals surface area contributed by atoms with Gasteiger partial charge < -0.3 is 0 Å². The van der Waals surface area contributed by atoms with E-state index in [9.17, 15) is 0 Å². The molecule has 142 valence electrons. The predicted octanol–water partition coefficient (Wildman–Crippen LogP) is 3.34. The van der Waals surface area contributed by atoms with Crippen LogP contribution >= 0.6 is 11.3 Å². The van der Waals surface area contributed by atoms with Gasteiger partial charge in [0.1, 0.15) is 5.69 Å². The van der Waals surface area contributed by atoms with Crippen molar-refractivity contribution in [2.45, 2.75) is 12.6 Å². The number of pyridine rings is 2. The first-order valence-corrected chi connectivity index (χ1v) is 10.4. The molecule has 0 unspecified atom stereocenters. The Bertz CT molecular complexity index is 1060. The second-order valence-corrected chi connectivity index (χ2v) is 8.30. The van der Waals surface area contributed by atoms with Crippen LogP contribution in [-0.4, -0.2) is 56.3 Å². The average Bonchev–Trinajstić information content (AvgIpc) is 3.39. The molecule has 5 heterocycles. The Labute approximate surface area is 168 Å². The fraction of sp³-hybridized carbons (Fsp3) is 0.286. The van der Waals surface area contributed by atoms with Crippen molar-refractivity contribution in [1.82, 2.24) is 29.6 Å². The van der Waals surface area contributed by atoms with Crippen LogP contribution in [0.4, 0.5) is 0 Å². The minimum absolute atomic E-state index is 0.248. The standard InChI is InChI=1S/C21H22N6S/c1-25-10-11-26(14-18-3-2-12-28-18)15-20(25)21-19-5-4-17(13-27(19)24-23-21)16-6-8-22-9-7-16/h2-9,12-13,20H,10-11,14-15H2,1H3/t20-/m1/s1. The van der Waals surface area contributed by atoms with E-state index >= 15 is 0 Å². The van der Waals surface area contributed by atoms with Crippen LogP contribution in [0.2, 0.25) is 0 Å². The topological polar surface area (TPSA) is 49.6 Å². The van der Waals surface area contributed by atoms with E-state index in [1.54, 1.807) is 0 Å². The number of hydrogen-bond donors (Lipinski definition) is 0. The van der Waals surface area contributed by atoms with Gasteiger partial charge in [0, 0.05) is 55.2 Å². The van der Waals surface area contributed by atoms with Crippen molar-refractivity contribution in [2.24, 2.45) is 0 Å². The lowest BCUT2D eigenvalue weighted by Gasteiger charge is -2.38. The first-order chi connectivity index (χ1) is 13.8. The van der Waals surface area contributed by atoms with Gasteiger partial charge in [0.05, 0.1) is 11.6 Å². The second kappa shape index (κ2) is 7.43. The number of nitrogens with zero attached hydrogens (tertiary/aromatic N) is 6. The van der Waals surface area contributed by atoms with Gasteiger partial charge in [-0.3, -0.25) is 14.8 Å². The zero-order valence-electron chi connectivity index (χ0n) is 15.8. The lowest BCUT2D eigenvalue weighted by molar-refractivity contribution is 0.0896. The number of hydrogen-bond acceptors (Lipinski definition) is 6. The highest BCUT2D eigenvalue weighted by atomic mass is 32.1. The van der Waals surface area contributed by atoms with E-state index < -0.39 is 0 Å². The summed E-state index contributed by atoms with van der Waals surface area (Å²) in [4.78, 5) is 10.4. The number of rotatable bonds is 4. The molecule has 0 aliphatic carbocycles. The number of thiophene rings is 1. The molecule has 5 rings (SSSR count). The van der Waals surface area contributed by atoms with Crippen molar-refractivity contribution in [1.29, 1.82) is 0 Å². The summed E-state index contributed by atoms with van der Waals surface area (Å²) in [5.41, 5.74) is 4.38. The Morgan fingerprint density at radius 3 is 2.79 bits per heavy atom. The van der Waals surface area contributed by atoms with E-state index in [1.165, 1.54) is 4.88 Å².